The van der Waals surface area contributed by atoms with Crippen molar-refractivity contribution in [1.82, 2.24) is 10.4 Å². The highest BCUT2D eigenvalue weighted by molar-refractivity contribution is 6.07. The van der Waals surface area contributed by atoms with Crippen molar-refractivity contribution in [3.63, 3.8) is 0 Å². The molecule has 2 aromatic rings. The lowest BCUT2D eigenvalue weighted by molar-refractivity contribution is 0.0952. The van der Waals surface area contributed by atoms with Crippen LogP contribution in [0.15, 0.2) is 46.1 Å². The fourth-order valence-corrected chi connectivity index (χ4v) is 4.05. The average Bonchev–Trinajstić information content (AvgIpc) is 2.97. The van der Waals surface area contributed by atoms with E-state index >= 15 is 0 Å². The molecule has 0 atom stereocenters. The third-order valence-electron chi connectivity index (χ3n) is 5.78. The number of anilines is 1. The van der Waals surface area contributed by atoms with Crippen LogP contribution in [-0.2, 0) is 0 Å². The first-order valence-electron chi connectivity index (χ1n) is 9.95. The highest BCUT2D eigenvalue weighted by atomic mass is 19.1. The molecule has 1 heterocycles. The van der Waals surface area contributed by atoms with Crippen molar-refractivity contribution in [3.05, 3.63) is 52.5 Å². The van der Waals surface area contributed by atoms with Crippen molar-refractivity contribution >= 4 is 28.7 Å². The number of H-pyrrole nitrogens is 1. The first-order valence-corrected chi connectivity index (χ1v) is 9.95. The average molecular weight is 397 g/mol. The molecule has 3 rings (SSSR count). The summed E-state index contributed by atoms with van der Waals surface area (Å²) in [4.78, 5) is 15.3. The van der Waals surface area contributed by atoms with Gasteiger partial charge in [-0.25, -0.2) is 9.82 Å². The molecule has 0 radical (unpaired) electrons. The van der Waals surface area contributed by atoms with E-state index in [1.54, 1.807) is 12.3 Å². The zero-order chi connectivity index (χ0) is 21.2. The molecule has 0 aliphatic heterocycles. The summed E-state index contributed by atoms with van der Waals surface area (Å²) in [6, 6.07) is 4.17. The number of hydrazone groups is 1. The van der Waals surface area contributed by atoms with Crippen LogP contribution in [0.5, 0.6) is 0 Å². The molecule has 1 aromatic heterocycles. The van der Waals surface area contributed by atoms with Gasteiger partial charge in [-0.3, -0.25) is 4.79 Å². The summed E-state index contributed by atoms with van der Waals surface area (Å²) in [5.41, 5.74) is 13.6. The molecule has 1 amide bonds. The summed E-state index contributed by atoms with van der Waals surface area (Å²) >= 11 is 0. The van der Waals surface area contributed by atoms with Gasteiger partial charge in [-0.05, 0) is 68.7 Å². The predicted octanol–water partition coefficient (Wildman–Crippen LogP) is 5.47. The molecule has 5 nitrogen and oxygen atoms in total. The molecule has 0 fully saturated rings. The van der Waals surface area contributed by atoms with Crippen LogP contribution < -0.4 is 11.2 Å². The SMILES string of the molecule is CC1=C(C/C=C(C)/C=N/NC(=O)c2[nH]c3ccc(F)cc3c2N)C(C)(C)CCC1. The van der Waals surface area contributed by atoms with Gasteiger partial charge in [0, 0.05) is 17.1 Å². The van der Waals surface area contributed by atoms with Gasteiger partial charge in [0.05, 0.1) is 5.69 Å². The second-order valence-electron chi connectivity index (χ2n) is 8.45. The number of nitrogens with one attached hydrogen (secondary N) is 2. The Balaban J connectivity index is 1.65. The number of nitrogens with zero attached hydrogens (tertiary/aromatic N) is 1. The number of allylic oxidation sites excluding steroid dienone is 4. The summed E-state index contributed by atoms with van der Waals surface area (Å²) in [6.07, 6.45) is 8.30. The molecule has 6 heteroatoms. The number of nitrogens with two attached hydrogens (primary N) is 1. The molecule has 1 aliphatic carbocycles. The van der Waals surface area contributed by atoms with Gasteiger partial charge < -0.3 is 10.7 Å². The Hall–Kier alpha value is -2.89. The lowest BCUT2D eigenvalue weighted by atomic mass is 9.71. The largest absolute Gasteiger partial charge is 0.396 e. The lowest BCUT2D eigenvalue weighted by Gasteiger charge is -2.34. The molecule has 0 saturated heterocycles. The van der Waals surface area contributed by atoms with Crippen molar-refractivity contribution in [2.75, 3.05) is 5.73 Å². The van der Waals surface area contributed by atoms with Crippen LogP contribution in [-0.4, -0.2) is 17.1 Å². The molecule has 1 aliphatic rings. The Morgan fingerprint density at radius 1 is 1.41 bits per heavy atom. The van der Waals surface area contributed by atoms with Crippen molar-refractivity contribution in [2.24, 2.45) is 10.5 Å². The van der Waals surface area contributed by atoms with Crippen molar-refractivity contribution in [2.45, 2.75) is 53.4 Å². The number of aromatic nitrogens is 1. The van der Waals surface area contributed by atoms with Gasteiger partial charge in [0.15, 0.2) is 0 Å². The van der Waals surface area contributed by atoms with Crippen LogP contribution in [0.1, 0.15) is 63.9 Å². The molecule has 0 bridgehead atoms. The minimum atomic E-state index is -0.463. The van der Waals surface area contributed by atoms with Gasteiger partial charge in [0.25, 0.3) is 5.91 Å². The zero-order valence-electron chi connectivity index (χ0n) is 17.5. The number of carbonyl (C=O) groups excluding carboxylic acids is 1. The van der Waals surface area contributed by atoms with Crippen molar-refractivity contribution < 1.29 is 9.18 Å². The second kappa shape index (κ2) is 8.23. The van der Waals surface area contributed by atoms with Gasteiger partial charge in [-0.2, -0.15) is 5.10 Å². The van der Waals surface area contributed by atoms with E-state index in [9.17, 15) is 9.18 Å². The molecular weight excluding hydrogens is 367 g/mol. The van der Waals surface area contributed by atoms with Crippen LogP contribution >= 0.6 is 0 Å². The molecule has 0 saturated carbocycles. The number of hydrogen-bond acceptors (Lipinski definition) is 3. The number of nitrogen functional groups attached to an aromatic ring is 1. The molecule has 154 valence electrons. The van der Waals surface area contributed by atoms with E-state index in [4.69, 9.17) is 5.73 Å². The number of halogens is 1. The van der Waals surface area contributed by atoms with Gasteiger partial charge in [0.1, 0.15) is 11.5 Å². The first-order chi connectivity index (χ1) is 13.7. The summed E-state index contributed by atoms with van der Waals surface area (Å²) < 4.78 is 13.4. The van der Waals surface area contributed by atoms with E-state index < -0.39 is 11.7 Å². The fourth-order valence-electron chi connectivity index (χ4n) is 4.05. The lowest BCUT2D eigenvalue weighted by Crippen LogP contribution is -2.20. The summed E-state index contributed by atoms with van der Waals surface area (Å²) in [5.74, 6) is -0.865. The third-order valence-corrected chi connectivity index (χ3v) is 5.78. The van der Waals surface area contributed by atoms with Crippen LogP contribution in [0.25, 0.3) is 10.9 Å². The Kier molecular flexibility index (Phi) is 5.91. The smallest absolute Gasteiger partial charge is 0.289 e. The molecule has 0 spiro atoms. The molecule has 0 unspecified atom stereocenters. The van der Waals surface area contributed by atoms with Gasteiger partial charge in [-0.15, -0.1) is 0 Å². The van der Waals surface area contributed by atoms with Crippen molar-refractivity contribution in [1.29, 1.82) is 0 Å². The van der Waals surface area contributed by atoms with Crippen LogP contribution in [0, 0.1) is 11.2 Å². The summed E-state index contributed by atoms with van der Waals surface area (Å²) in [6.45, 7) is 8.80. The monoisotopic (exact) mass is 396 g/mol. The molecule has 4 N–H and O–H groups in total. The Bertz CT molecular complexity index is 1030. The topological polar surface area (TPSA) is 83.3 Å². The van der Waals surface area contributed by atoms with Crippen LogP contribution in [0.2, 0.25) is 0 Å². The van der Waals surface area contributed by atoms with Crippen LogP contribution in [0.4, 0.5) is 10.1 Å². The predicted molar refractivity (Wildman–Crippen MR) is 117 cm³/mol. The second-order valence-corrected chi connectivity index (χ2v) is 8.45. The van der Waals surface area contributed by atoms with Crippen LogP contribution in [0.3, 0.4) is 0 Å². The number of rotatable bonds is 5. The number of fused-ring (bicyclic) bond motifs is 1. The normalized spacial score (nSPS) is 17.3. The third kappa shape index (κ3) is 4.58. The summed E-state index contributed by atoms with van der Waals surface area (Å²) in [5, 5.41) is 4.52. The Morgan fingerprint density at radius 2 is 2.17 bits per heavy atom. The number of aromatic amines is 1. The fraction of sp³-hybridized carbons (Fsp3) is 0.391. The number of benzene rings is 1. The van der Waals surface area contributed by atoms with E-state index in [-0.39, 0.29) is 16.8 Å². The quantitative estimate of drug-likeness (QED) is 0.356. The van der Waals surface area contributed by atoms with E-state index in [1.807, 2.05) is 6.92 Å². The maximum Gasteiger partial charge on any atom is 0.289 e. The summed E-state index contributed by atoms with van der Waals surface area (Å²) in [7, 11) is 0. The number of carbonyl (C=O) groups is 1. The minimum Gasteiger partial charge on any atom is -0.396 e. The molecule has 29 heavy (non-hydrogen) atoms. The zero-order valence-corrected chi connectivity index (χ0v) is 17.5. The van der Waals surface area contributed by atoms with Gasteiger partial charge in [-0.1, -0.05) is 31.1 Å². The standard InChI is InChI=1S/C23H29FN4O/c1-14(7-9-18-15(2)6-5-11-23(18,3)4)13-26-28-22(29)21-20(25)17-12-16(24)8-10-19(17)27-21/h7-8,10,12-13,27H,5-6,9,11,25H2,1-4H3,(H,28,29)/b14-7+,26-13+. The maximum atomic E-state index is 13.4. The molecule has 1 aromatic carbocycles. The van der Waals surface area contributed by atoms with Gasteiger partial charge in [0.2, 0.25) is 0 Å². The van der Waals surface area contributed by atoms with E-state index in [0.29, 0.717) is 10.9 Å². The van der Waals surface area contributed by atoms with E-state index in [1.165, 1.54) is 42.5 Å². The highest BCUT2D eigenvalue weighted by Gasteiger charge is 2.27. The number of hydrogen-bond donors (Lipinski definition) is 3. The van der Waals surface area contributed by atoms with Gasteiger partial charge >= 0.3 is 0 Å². The highest BCUT2D eigenvalue weighted by Crippen LogP contribution is 2.41. The van der Waals surface area contributed by atoms with Crippen molar-refractivity contribution in [3.8, 4) is 0 Å². The van der Waals surface area contributed by atoms with E-state index in [0.717, 1.165) is 12.0 Å². The minimum absolute atomic E-state index is 0.175. The first kappa shape index (κ1) is 20.8. The van der Waals surface area contributed by atoms with E-state index in [2.05, 4.69) is 42.4 Å². The Labute approximate surface area is 170 Å². The Morgan fingerprint density at radius 3 is 2.90 bits per heavy atom. The number of amides is 1. The maximum absolute atomic E-state index is 13.4. The molecular formula is C23H29FN4O.